The third-order valence-electron chi connectivity index (χ3n) is 2.08. The van der Waals surface area contributed by atoms with Gasteiger partial charge in [-0.15, -0.1) is 0 Å². The van der Waals surface area contributed by atoms with Gasteiger partial charge in [-0.25, -0.2) is 0 Å². The molecule has 18 heavy (non-hydrogen) atoms. The van der Waals surface area contributed by atoms with Crippen molar-refractivity contribution in [2.24, 2.45) is 0 Å². The van der Waals surface area contributed by atoms with Crippen molar-refractivity contribution in [3.8, 4) is 5.75 Å². The maximum Gasteiger partial charge on any atom is 0.309 e. The number of hydrogen-bond donors (Lipinski definition) is 0. The molecule has 0 aliphatic carbocycles. The number of rotatable bonds is 3. The molecule has 0 heterocycles. The van der Waals surface area contributed by atoms with E-state index in [-0.39, 0.29) is 12.4 Å². The van der Waals surface area contributed by atoms with Gasteiger partial charge in [0.1, 0.15) is 5.75 Å². The first-order chi connectivity index (χ1) is 8.42. The first-order valence-corrected chi connectivity index (χ1v) is 5.96. The van der Waals surface area contributed by atoms with E-state index in [9.17, 15) is 4.79 Å². The maximum absolute atomic E-state index is 11.2. The van der Waals surface area contributed by atoms with Crippen LogP contribution in [0.4, 0.5) is 0 Å². The Kier molecular flexibility index (Phi) is 5.37. The monoisotopic (exact) mass is 287 g/mol. The fraction of sp³-hybridized carbons (Fsp3) is 0.333. The highest BCUT2D eigenvalue weighted by Crippen LogP contribution is 2.22. The second-order valence-corrected chi connectivity index (χ2v) is 4.60. The van der Waals surface area contributed by atoms with E-state index in [2.05, 4.69) is 4.74 Å². The van der Waals surface area contributed by atoms with Crippen LogP contribution in [0.25, 0.3) is 0 Å². The van der Waals surface area contributed by atoms with E-state index in [1.807, 2.05) is 0 Å². The minimum Gasteiger partial charge on any atom is -0.469 e. The summed E-state index contributed by atoms with van der Waals surface area (Å²) in [6, 6.07) is 5.03. The fourth-order valence-corrected chi connectivity index (χ4v) is 1.56. The molecule has 0 radical (unpaired) electrons. The van der Waals surface area contributed by atoms with Crippen molar-refractivity contribution in [2.45, 2.75) is 6.42 Å². The number of nitrogens with zero attached hydrogens (tertiary/aromatic N) is 1. The van der Waals surface area contributed by atoms with Crippen molar-refractivity contribution >= 4 is 35.0 Å². The molecule has 0 spiro atoms. The highest BCUT2D eigenvalue weighted by atomic mass is 35.5. The highest BCUT2D eigenvalue weighted by Gasteiger charge is 2.08. The molecule has 0 saturated carbocycles. The normalized spacial score (nSPS) is 9.78. The molecule has 0 atom stereocenters. The lowest BCUT2D eigenvalue weighted by Crippen LogP contribution is -2.25. The summed E-state index contributed by atoms with van der Waals surface area (Å²) in [4.78, 5) is 12.9. The van der Waals surface area contributed by atoms with Crippen LogP contribution < -0.4 is 4.74 Å². The van der Waals surface area contributed by atoms with E-state index in [4.69, 9.17) is 28.6 Å². The van der Waals surface area contributed by atoms with Crippen molar-refractivity contribution in [1.82, 2.24) is 4.90 Å². The quantitative estimate of drug-likeness (QED) is 0.630. The Balaban J connectivity index is 2.87. The molecule has 0 fully saturated rings. The van der Waals surface area contributed by atoms with Gasteiger partial charge in [0.2, 0.25) is 0 Å². The molecule has 1 rings (SSSR count). The summed E-state index contributed by atoms with van der Waals surface area (Å²) < 4.78 is 10.0. The number of halogens is 1. The number of thiocarbonyl (C=S) groups is 1. The summed E-state index contributed by atoms with van der Waals surface area (Å²) in [5, 5.41) is 0.800. The van der Waals surface area contributed by atoms with Crippen LogP contribution in [-0.4, -0.2) is 37.2 Å². The number of esters is 1. The first kappa shape index (κ1) is 14.7. The minimum atomic E-state index is -0.335. The van der Waals surface area contributed by atoms with Crippen LogP contribution in [0.1, 0.15) is 5.56 Å². The Labute approximate surface area is 116 Å². The Hall–Kier alpha value is -1.33. The molecule has 1 aromatic carbocycles. The van der Waals surface area contributed by atoms with E-state index in [0.29, 0.717) is 21.5 Å². The van der Waals surface area contributed by atoms with Gasteiger partial charge in [-0.2, -0.15) is 0 Å². The van der Waals surface area contributed by atoms with E-state index in [1.165, 1.54) is 7.11 Å². The molecule has 0 bridgehead atoms. The van der Waals surface area contributed by atoms with Crippen LogP contribution in [0.15, 0.2) is 18.2 Å². The van der Waals surface area contributed by atoms with Gasteiger partial charge in [0, 0.05) is 19.1 Å². The van der Waals surface area contributed by atoms with Gasteiger partial charge in [0.15, 0.2) is 0 Å². The van der Waals surface area contributed by atoms with Crippen molar-refractivity contribution in [2.75, 3.05) is 21.2 Å². The molecule has 1 aromatic rings. The summed E-state index contributed by atoms with van der Waals surface area (Å²) in [7, 11) is 4.90. The van der Waals surface area contributed by atoms with Crippen LogP contribution in [0.3, 0.4) is 0 Å². The molecular weight excluding hydrogens is 274 g/mol. The molecule has 0 unspecified atom stereocenters. The van der Waals surface area contributed by atoms with Crippen LogP contribution in [-0.2, 0) is 16.0 Å². The lowest BCUT2D eigenvalue weighted by atomic mass is 10.1. The number of carbonyl (C=O) groups is 1. The zero-order valence-electron chi connectivity index (χ0n) is 10.4. The zero-order valence-corrected chi connectivity index (χ0v) is 12.0. The summed E-state index contributed by atoms with van der Waals surface area (Å²) >= 11 is 11.0. The van der Waals surface area contributed by atoms with Gasteiger partial charge in [-0.3, -0.25) is 4.79 Å². The minimum absolute atomic E-state index is 0.141. The molecule has 6 heteroatoms. The molecule has 0 amide bonds. The first-order valence-electron chi connectivity index (χ1n) is 5.18. The van der Waals surface area contributed by atoms with E-state index in [0.717, 1.165) is 0 Å². The van der Waals surface area contributed by atoms with E-state index < -0.39 is 0 Å². The summed E-state index contributed by atoms with van der Waals surface area (Å²) in [6.45, 7) is 0. The van der Waals surface area contributed by atoms with Crippen LogP contribution >= 0.6 is 23.8 Å². The number of ether oxygens (including phenoxy) is 2. The van der Waals surface area contributed by atoms with Gasteiger partial charge in [0.05, 0.1) is 13.5 Å². The Morgan fingerprint density at radius 2 is 2.06 bits per heavy atom. The highest BCUT2D eigenvalue weighted by molar-refractivity contribution is 7.80. The second kappa shape index (κ2) is 6.56. The summed E-state index contributed by atoms with van der Waals surface area (Å²) in [6.07, 6.45) is 0.141. The molecule has 98 valence electrons. The predicted molar refractivity (Wildman–Crippen MR) is 74.1 cm³/mol. The van der Waals surface area contributed by atoms with Gasteiger partial charge in [-0.05, 0) is 36.0 Å². The Morgan fingerprint density at radius 3 is 2.61 bits per heavy atom. The molecular formula is C12H14ClNO3S. The van der Waals surface area contributed by atoms with Crippen LogP contribution in [0.5, 0.6) is 5.75 Å². The third kappa shape index (κ3) is 4.50. The fourth-order valence-electron chi connectivity index (χ4n) is 1.21. The lowest BCUT2D eigenvalue weighted by Gasteiger charge is -2.14. The zero-order chi connectivity index (χ0) is 13.7. The summed E-state index contributed by atoms with van der Waals surface area (Å²) in [5.41, 5.74) is 0.714. The van der Waals surface area contributed by atoms with Gasteiger partial charge in [0.25, 0.3) is 5.17 Å². The topological polar surface area (TPSA) is 38.8 Å². The SMILES string of the molecule is COC(=O)Cc1cc(Cl)cc(OC(=S)N(C)C)c1. The third-order valence-corrected chi connectivity index (χ3v) is 2.74. The number of methoxy groups -OCH3 is 1. The van der Waals surface area contributed by atoms with Gasteiger partial charge < -0.3 is 14.4 Å². The number of benzene rings is 1. The van der Waals surface area contributed by atoms with Crippen molar-refractivity contribution in [3.05, 3.63) is 28.8 Å². The largest absolute Gasteiger partial charge is 0.469 e. The van der Waals surface area contributed by atoms with E-state index in [1.54, 1.807) is 37.2 Å². The molecule has 0 aliphatic heterocycles. The van der Waals surface area contributed by atoms with Crippen LogP contribution in [0.2, 0.25) is 5.02 Å². The van der Waals surface area contributed by atoms with Crippen molar-refractivity contribution in [3.63, 3.8) is 0 Å². The Morgan fingerprint density at radius 1 is 1.39 bits per heavy atom. The average molecular weight is 288 g/mol. The van der Waals surface area contributed by atoms with Gasteiger partial charge in [-0.1, -0.05) is 11.6 Å². The predicted octanol–water partition coefficient (Wildman–Crippen LogP) is 2.28. The average Bonchev–Trinajstić information content (AvgIpc) is 2.27. The smallest absolute Gasteiger partial charge is 0.309 e. The molecule has 0 aromatic heterocycles. The van der Waals surface area contributed by atoms with Crippen LogP contribution in [0, 0.1) is 0 Å². The number of hydrogen-bond acceptors (Lipinski definition) is 4. The summed E-state index contributed by atoms with van der Waals surface area (Å²) in [5.74, 6) is 0.165. The standard InChI is InChI=1S/C12H14ClNO3S/c1-14(2)12(18)17-10-5-8(4-9(13)7-10)6-11(15)16-3/h4-5,7H,6H2,1-3H3. The molecule has 4 nitrogen and oxygen atoms in total. The molecule has 0 aliphatic rings. The number of carbonyl (C=O) groups excluding carboxylic acids is 1. The maximum atomic E-state index is 11.2. The van der Waals surface area contributed by atoms with Crippen molar-refractivity contribution < 1.29 is 14.3 Å². The lowest BCUT2D eigenvalue weighted by molar-refractivity contribution is -0.139. The Bertz CT molecular complexity index is 463. The van der Waals surface area contributed by atoms with E-state index >= 15 is 0 Å². The second-order valence-electron chi connectivity index (χ2n) is 3.81. The molecule has 0 N–H and O–H groups in total. The van der Waals surface area contributed by atoms with Crippen molar-refractivity contribution in [1.29, 1.82) is 0 Å². The molecule has 0 saturated heterocycles. The van der Waals surface area contributed by atoms with Gasteiger partial charge >= 0.3 is 5.97 Å².